The van der Waals surface area contributed by atoms with Crippen LogP contribution >= 0.6 is 11.6 Å². The highest BCUT2D eigenvalue weighted by atomic mass is 35.5. The zero-order chi connectivity index (χ0) is 17.4. The number of nitrogens with zero attached hydrogens (tertiary/aromatic N) is 2. The fourth-order valence-corrected chi connectivity index (χ4v) is 3.59. The molecule has 2 atom stereocenters. The summed E-state index contributed by atoms with van der Waals surface area (Å²) in [5, 5.41) is 0.517. The van der Waals surface area contributed by atoms with Crippen molar-refractivity contribution in [1.82, 2.24) is 4.90 Å². The van der Waals surface area contributed by atoms with E-state index in [2.05, 4.69) is 0 Å². The third-order valence-corrected chi connectivity index (χ3v) is 5.24. The van der Waals surface area contributed by atoms with Crippen LogP contribution < -0.4 is 10.6 Å². The molecule has 2 saturated heterocycles. The number of anilines is 1. The van der Waals surface area contributed by atoms with Crippen LogP contribution in [0.3, 0.4) is 0 Å². The maximum Gasteiger partial charge on any atom is 0.251 e. The van der Waals surface area contributed by atoms with Crippen LogP contribution in [0.5, 0.6) is 0 Å². The van der Waals surface area contributed by atoms with E-state index in [0.29, 0.717) is 23.8 Å². The van der Waals surface area contributed by atoms with Crippen molar-refractivity contribution in [2.75, 3.05) is 18.0 Å². The van der Waals surface area contributed by atoms with E-state index >= 15 is 0 Å². The Labute approximate surface area is 145 Å². The highest BCUT2D eigenvalue weighted by Gasteiger charge is 2.44. The number of aryl methyl sites for hydroxylation is 1. The summed E-state index contributed by atoms with van der Waals surface area (Å²) < 4.78 is 0. The molecular weight excluding hydrogens is 330 g/mol. The molecule has 0 saturated carbocycles. The van der Waals surface area contributed by atoms with Gasteiger partial charge in [0.05, 0.1) is 24.1 Å². The summed E-state index contributed by atoms with van der Waals surface area (Å²) in [5.74, 6) is -1.11. The Balaban J connectivity index is 1.81. The number of halogens is 1. The number of hydrogen-bond donors (Lipinski definition) is 1. The molecule has 2 aliphatic rings. The number of primary amides is 1. The largest absolute Gasteiger partial charge is 0.369 e. The maximum atomic E-state index is 12.8. The lowest BCUT2D eigenvalue weighted by Gasteiger charge is -2.34. The normalized spacial score (nSPS) is 25.3. The highest BCUT2D eigenvalue weighted by Crippen LogP contribution is 2.30. The van der Waals surface area contributed by atoms with Gasteiger partial charge in [-0.25, -0.2) is 4.90 Å². The summed E-state index contributed by atoms with van der Waals surface area (Å²) in [6, 6.07) is 4.62. The van der Waals surface area contributed by atoms with Gasteiger partial charge >= 0.3 is 0 Å². The summed E-state index contributed by atoms with van der Waals surface area (Å²) in [4.78, 5) is 39.7. The van der Waals surface area contributed by atoms with Gasteiger partial charge in [-0.2, -0.15) is 0 Å². The van der Waals surface area contributed by atoms with Crippen molar-refractivity contribution in [3.05, 3.63) is 28.8 Å². The Hall–Kier alpha value is -1.92. The second-order valence-corrected chi connectivity index (χ2v) is 6.86. The van der Waals surface area contributed by atoms with Gasteiger partial charge in [0.25, 0.3) is 5.91 Å². The SMILES string of the molecule is Cc1ccc(N2C(=O)C[C@H](N3CCC[C@H](C(N)=O)C3)C2=O)cc1Cl. The minimum Gasteiger partial charge on any atom is -0.369 e. The first-order valence-electron chi connectivity index (χ1n) is 8.05. The predicted molar refractivity (Wildman–Crippen MR) is 90.6 cm³/mol. The van der Waals surface area contributed by atoms with Gasteiger partial charge in [-0.1, -0.05) is 17.7 Å². The van der Waals surface area contributed by atoms with E-state index in [1.54, 1.807) is 18.2 Å². The lowest BCUT2D eigenvalue weighted by Crippen LogP contribution is -2.49. The van der Waals surface area contributed by atoms with Crippen molar-refractivity contribution in [2.45, 2.75) is 32.2 Å². The summed E-state index contributed by atoms with van der Waals surface area (Å²) >= 11 is 6.12. The fourth-order valence-electron chi connectivity index (χ4n) is 3.42. The second-order valence-electron chi connectivity index (χ2n) is 6.46. The molecule has 1 aromatic carbocycles. The van der Waals surface area contributed by atoms with Crippen molar-refractivity contribution in [2.24, 2.45) is 11.7 Å². The smallest absolute Gasteiger partial charge is 0.251 e. The number of likely N-dealkylation sites (tertiary alicyclic amines) is 1. The number of benzene rings is 1. The molecule has 128 valence electrons. The maximum absolute atomic E-state index is 12.8. The monoisotopic (exact) mass is 349 g/mol. The van der Waals surface area contributed by atoms with Gasteiger partial charge in [-0.15, -0.1) is 0 Å². The number of imide groups is 1. The summed E-state index contributed by atoms with van der Waals surface area (Å²) in [7, 11) is 0. The first kappa shape index (κ1) is 16.9. The second kappa shape index (κ2) is 6.53. The third kappa shape index (κ3) is 3.03. The van der Waals surface area contributed by atoms with E-state index in [0.717, 1.165) is 18.4 Å². The van der Waals surface area contributed by atoms with Crippen molar-refractivity contribution in [3.63, 3.8) is 0 Å². The third-order valence-electron chi connectivity index (χ3n) is 4.83. The number of rotatable bonds is 3. The van der Waals surface area contributed by atoms with E-state index in [9.17, 15) is 14.4 Å². The van der Waals surface area contributed by atoms with Crippen LogP contribution in [0.2, 0.25) is 5.02 Å². The standard InChI is InChI=1S/C17H20ClN3O3/c1-10-4-5-12(7-13(10)18)21-15(22)8-14(17(21)24)20-6-2-3-11(9-20)16(19)23/h4-5,7,11,14H,2-3,6,8-9H2,1H3,(H2,19,23)/t11-,14-/m0/s1. The molecule has 2 N–H and O–H groups in total. The zero-order valence-corrected chi connectivity index (χ0v) is 14.3. The molecule has 0 bridgehead atoms. The van der Waals surface area contributed by atoms with Crippen molar-refractivity contribution in [1.29, 1.82) is 0 Å². The number of piperidine rings is 1. The number of amides is 3. The number of carbonyl (C=O) groups is 3. The Morgan fingerprint density at radius 2 is 2.08 bits per heavy atom. The Kier molecular flexibility index (Phi) is 4.60. The molecule has 1 aromatic rings. The van der Waals surface area contributed by atoms with Crippen molar-refractivity contribution >= 4 is 35.0 Å². The summed E-state index contributed by atoms with van der Waals surface area (Å²) in [6.07, 6.45) is 1.65. The average Bonchev–Trinajstić information content (AvgIpc) is 2.85. The molecule has 3 rings (SSSR count). The van der Waals surface area contributed by atoms with Crippen LogP contribution in [0.15, 0.2) is 18.2 Å². The van der Waals surface area contributed by atoms with Gasteiger partial charge in [0.2, 0.25) is 11.8 Å². The van der Waals surface area contributed by atoms with E-state index in [1.807, 2.05) is 11.8 Å². The van der Waals surface area contributed by atoms with Crippen LogP contribution in [-0.2, 0) is 14.4 Å². The zero-order valence-electron chi connectivity index (χ0n) is 13.5. The van der Waals surface area contributed by atoms with Crippen LogP contribution in [-0.4, -0.2) is 41.8 Å². The lowest BCUT2D eigenvalue weighted by atomic mass is 9.96. The minimum absolute atomic E-state index is 0.121. The Morgan fingerprint density at radius 1 is 1.33 bits per heavy atom. The van der Waals surface area contributed by atoms with E-state index in [4.69, 9.17) is 17.3 Å². The molecule has 0 aliphatic carbocycles. The van der Waals surface area contributed by atoms with Crippen LogP contribution in [0.4, 0.5) is 5.69 Å². The molecule has 3 amide bonds. The van der Waals surface area contributed by atoms with Crippen LogP contribution in [0.25, 0.3) is 0 Å². The molecule has 0 spiro atoms. The van der Waals surface area contributed by atoms with Crippen LogP contribution in [0.1, 0.15) is 24.8 Å². The first-order chi connectivity index (χ1) is 11.4. The molecule has 0 aromatic heterocycles. The molecule has 0 radical (unpaired) electrons. The summed E-state index contributed by atoms with van der Waals surface area (Å²) in [6.45, 7) is 2.98. The quantitative estimate of drug-likeness (QED) is 0.838. The van der Waals surface area contributed by atoms with Gasteiger partial charge < -0.3 is 5.73 Å². The van der Waals surface area contributed by atoms with Crippen molar-refractivity contribution in [3.8, 4) is 0 Å². The summed E-state index contributed by atoms with van der Waals surface area (Å²) in [5.41, 5.74) is 6.77. The molecule has 2 fully saturated rings. The Morgan fingerprint density at radius 3 is 2.75 bits per heavy atom. The molecule has 2 heterocycles. The molecular formula is C17H20ClN3O3. The number of hydrogen-bond acceptors (Lipinski definition) is 4. The number of nitrogens with two attached hydrogens (primary N) is 1. The molecule has 24 heavy (non-hydrogen) atoms. The molecule has 2 aliphatic heterocycles. The molecule has 7 heteroatoms. The molecule has 0 unspecified atom stereocenters. The predicted octanol–water partition coefficient (Wildman–Crippen LogP) is 1.48. The lowest BCUT2D eigenvalue weighted by molar-refractivity contribution is -0.127. The first-order valence-corrected chi connectivity index (χ1v) is 8.42. The van der Waals surface area contributed by atoms with E-state index in [1.165, 1.54) is 4.90 Å². The Bertz CT molecular complexity index is 706. The van der Waals surface area contributed by atoms with Gasteiger partial charge in [0.1, 0.15) is 0 Å². The van der Waals surface area contributed by atoms with Gasteiger partial charge in [0, 0.05) is 11.6 Å². The van der Waals surface area contributed by atoms with Crippen LogP contribution in [0, 0.1) is 12.8 Å². The topological polar surface area (TPSA) is 83.7 Å². The highest BCUT2D eigenvalue weighted by molar-refractivity contribution is 6.32. The van der Waals surface area contributed by atoms with Gasteiger partial charge in [0.15, 0.2) is 0 Å². The van der Waals surface area contributed by atoms with Gasteiger partial charge in [-0.05, 0) is 44.0 Å². The van der Waals surface area contributed by atoms with Gasteiger partial charge in [-0.3, -0.25) is 19.3 Å². The number of carbonyl (C=O) groups excluding carboxylic acids is 3. The van der Waals surface area contributed by atoms with E-state index < -0.39 is 6.04 Å². The van der Waals surface area contributed by atoms with E-state index in [-0.39, 0.29) is 30.1 Å². The fraction of sp³-hybridized carbons (Fsp3) is 0.471. The minimum atomic E-state index is -0.528. The average molecular weight is 350 g/mol. The molecule has 6 nitrogen and oxygen atoms in total. The van der Waals surface area contributed by atoms with Crippen molar-refractivity contribution < 1.29 is 14.4 Å².